The minimum atomic E-state index is -0.102. The van der Waals surface area contributed by atoms with E-state index < -0.39 is 0 Å². The quantitative estimate of drug-likeness (QED) is 0.464. The number of benzene rings is 1. The first-order chi connectivity index (χ1) is 10.5. The average molecular weight is 317 g/mol. The highest BCUT2D eigenvalue weighted by Crippen LogP contribution is 2.17. The lowest BCUT2D eigenvalue weighted by Gasteiger charge is -2.06. The Labute approximate surface area is 133 Å². The molecule has 0 aliphatic rings. The molecule has 0 radical (unpaired) electrons. The fourth-order valence-corrected chi connectivity index (χ4v) is 2.68. The lowest BCUT2D eigenvalue weighted by molar-refractivity contribution is -0.114. The number of aryl methyl sites for hydroxylation is 2. The Bertz CT molecular complexity index is 650. The van der Waals surface area contributed by atoms with Gasteiger partial charge in [-0.2, -0.15) is 0 Å². The number of thiazole rings is 1. The van der Waals surface area contributed by atoms with Crippen molar-refractivity contribution >= 4 is 33.9 Å². The molecule has 6 nitrogen and oxygen atoms in total. The summed E-state index contributed by atoms with van der Waals surface area (Å²) in [5.41, 5.74) is 8.44. The number of nitrogens with one attached hydrogen (secondary N) is 3. The van der Waals surface area contributed by atoms with E-state index in [-0.39, 0.29) is 11.7 Å². The molecule has 0 fully saturated rings. The standard InChI is InChI=1S/C15H19N5OS/c1-10(21)19-15-20-13(9-22-15)7-4-11-2-5-12(6-3-11)18-8-14(16)17/h2-3,5-6,9,18H,4,7-8H2,1H3,(H3,16,17)(H,19,20,21). The first-order valence-electron chi connectivity index (χ1n) is 6.90. The molecule has 0 atom stereocenters. The van der Waals surface area contributed by atoms with E-state index in [4.69, 9.17) is 11.1 Å². The summed E-state index contributed by atoms with van der Waals surface area (Å²) in [6, 6.07) is 8.04. The van der Waals surface area contributed by atoms with Crippen LogP contribution in [0.1, 0.15) is 18.2 Å². The predicted octanol–water partition coefficient (Wildman–Crippen LogP) is 2.23. The van der Waals surface area contributed by atoms with Crippen molar-refractivity contribution in [3.05, 3.63) is 40.9 Å². The Kier molecular flexibility index (Phi) is 5.48. The Morgan fingerprint density at radius 1 is 1.32 bits per heavy atom. The summed E-state index contributed by atoms with van der Waals surface area (Å²) in [7, 11) is 0. The molecule has 0 saturated heterocycles. The van der Waals surface area contributed by atoms with Gasteiger partial charge in [-0.1, -0.05) is 12.1 Å². The maximum absolute atomic E-state index is 11.0. The SMILES string of the molecule is CC(=O)Nc1nc(CCc2ccc(NCC(=N)N)cc2)cs1. The van der Waals surface area contributed by atoms with E-state index in [0.29, 0.717) is 11.7 Å². The largest absolute Gasteiger partial charge is 0.386 e. The Morgan fingerprint density at radius 2 is 2.05 bits per heavy atom. The summed E-state index contributed by atoms with van der Waals surface area (Å²) in [6.45, 7) is 1.83. The summed E-state index contributed by atoms with van der Waals surface area (Å²) >= 11 is 1.44. The zero-order chi connectivity index (χ0) is 15.9. The number of hydrogen-bond donors (Lipinski definition) is 4. The summed E-state index contributed by atoms with van der Waals surface area (Å²) < 4.78 is 0. The molecule has 5 N–H and O–H groups in total. The van der Waals surface area contributed by atoms with Gasteiger partial charge in [0.2, 0.25) is 5.91 Å². The number of anilines is 2. The first kappa shape index (κ1) is 16.0. The number of amides is 1. The number of hydrogen-bond acceptors (Lipinski definition) is 5. The van der Waals surface area contributed by atoms with Gasteiger partial charge in [-0.3, -0.25) is 10.2 Å². The van der Waals surface area contributed by atoms with Gasteiger partial charge in [0.05, 0.1) is 12.2 Å². The van der Waals surface area contributed by atoms with Crippen LogP contribution in [0.15, 0.2) is 29.6 Å². The fourth-order valence-electron chi connectivity index (χ4n) is 1.89. The van der Waals surface area contributed by atoms with Gasteiger partial charge in [-0.15, -0.1) is 11.3 Å². The number of nitrogens with zero attached hydrogens (tertiary/aromatic N) is 1. The molecular formula is C15H19N5OS. The molecule has 2 rings (SSSR count). The highest BCUT2D eigenvalue weighted by atomic mass is 32.1. The van der Waals surface area contributed by atoms with Crippen molar-refractivity contribution in [3.8, 4) is 0 Å². The third kappa shape index (κ3) is 5.17. The molecule has 0 unspecified atom stereocenters. The predicted molar refractivity (Wildman–Crippen MR) is 90.7 cm³/mol. The lowest BCUT2D eigenvalue weighted by atomic mass is 10.1. The van der Waals surface area contributed by atoms with Crippen LogP contribution in [0.4, 0.5) is 10.8 Å². The van der Waals surface area contributed by atoms with Crippen molar-refractivity contribution in [2.24, 2.45) is 5.73 Å². The van der Waals surface area contributed by atoms with Crippen LogP contribution < -0.4 is 16.4 Å². The topological polar surface area (TPSA) is 104 Å². The van der Waals surface area contributed by atoms with Crippen molar-refractivity contribution in [2.75, 3.05) is 17.2 Å². The molecule has 1 aromatic carbocycles. The van der Waals surface area contributed by atoms with Crippen LogP contribution in [-0.4, -0.2) is 23.3 Å². The van der Waals surface area contributed by atoms with E-state index in [1.807, 2.05) is 29.6 Å². The molecule has 7 heteroatoms. The summed E-state index contributed by atoms with van der Waals surface area (Å²) in [4.78, 5) is 15.3. The van der Waals surface area contributed by atoms with Crippen LogP contribution in [-0.2, 0) is 17.6 Å². The molecule has 0 saturated carbocycles. The van der Waals surface area contributed by atoms with Crippen LogP contribution in [0.25, 0.3) is 0 Å². The van der Waals surface area contributed by atoms with E-state index >= 15 is 0 Å². The van der Waals surface area contributed by atoms with E-state index in [2.05, 4.69) is 15.6 Å². The van der Waals surface area contributed by atoms with Crippen molar-refractivity contribution in [1.82, 2.24) is 4.98 Å². The third-order valence-electron chi connectivity index (χ3n) is 2.94. The molecule has 22 heavy (non-hydrogen) atoms. The highest BCUT2D eigenvalue weighted by molar-refractivity contribution is 7.13. The molecule has 0 spiro atoms. The minimum absolute atomic E-state index is 0.102. The maximum atomic E-state index is 11.0. The summed E-state index contributed by atoms with van der Waals surface area (Å²) in [5.74, 6) is 0.0112. The van der Waals surface area contributed by atoms with E-state index in [1.165, 1.54) is 23.8 Å². The second kappa shape index (κ2) is 7.56. The molecule has 1 heterocycles. The molecule has 0 aliphatic carbocycles. The van der Waals surface area contributed by atoms with Gasteiger partial charge < -0.3 is 16.4 Å². The molecular weight excluding hydrogens is 298 g/mol. The van der Waals surface area contributed by atoms with E-state index in [1.54, 1.807) is 0 Å². The lowest BCUT2D eigenvalue weighted by Crippen LogP contribution is -2.20. The highest BCUT2D eigenvalue weighted by Gasteiger charge is 2.04. The third-order valence-corrected chi connectivity index (χ3v) is 3.75. The Balaban J connectivity index is 1.84. The van der Waals surface area contributed by atoms with Gasteiger partial charge in [0.25, 0.3) is 0 Å². The van der Waals surface area contributed by atoms with Crippen LogP contribution in [0, 0.1) is 5.41 Å². The van der Waals surface area contributed by atoms with Gasteiger partial charge >= 0.3 is 0 Å². The van der Waals surface area contributed by atoms with Crippen molar-refractivity contribution < 1.29 is 4.79 Å². The zero-order valence-corrected chi connectivity index (χ0v) is 13.2. The molecule has 0 aliphatic heterocycles. The van der Waals surface area contributed by atoms with E-state index in [0.717, 1.165) is 24.2 Å². The number of carbonyl (C=O) groups is 1. The van der Waals surface area contributed by atoms with Crippen LogP contribution >= 0.6 is 11.3 Å². The Hall–Kier alpha value is -2.41. The average Bonchev–Trinajstić information content (AvgIpc) is 2.90. The van der Waals surface area contributed by atoms with Gasteiger partial charge in [-0.05, 0) is 30.5 Å². The maximum Gasteiger partial charge on any atom is 0.223 e. The van der Waals surface area contributed by atoms with Crippen LogP contribution in [0.2, 0.25) is 0 Å². The van der Waals surface area contributed by atoms with Gasteiger partial charge in [0.15, 0.2) is 5.13 Å². The Morgan fingerprint density at radius 3 is 2.68 bits per heavy atom. The summed E-state index contributed by atoms with van der Waals surface area (Å²) in [6.07, 6.45) is 1.71. The normalized spacial score (nSPS) is 10.2. The fraction of sp³-hybridized carbons (Fsp3) is 0.267. The molecule has 1 amide bonds. The number of rotatable bonds is 7. The molecule has 116 valence electrons. The second-order valence-corrected chi connectivity index (χ2v) is 5.76. The number of aromatic nitrogens is 1. The minimum Gasteiger partial charge on any atom is -0.386 e. The van der Waals surface area contributed by atoms with Crippen molar-refractivity contribution in [3.63, 3.8) is 0 Å². The summed E-state index contributed by atoms with van der Waals surface area (Å²) in [5, 5.41) is 15.5. The smallest absolute Gasteiger partial charge is 0.223 e. The second-order valence-electron chi connectivity index (χ2n) is 4.90. The molecule has 1 aromatic heterocycles. The molecule has 2 aromatic rings. The zero-order valence-electron chi connectivity index (χ0n) is 12.3. The number of carbonyl (C=O) groups excluding carboxylic acids is 1. The van der Waals surface area contributed by atoms with E-state index in [9.17, 15) is 4.79 Å². The van der Waals surface area contributed by atoms with Gasteiger partial charge in [0, 0.05) is 18.0 Å². The van der Waals surface area contributed by atoms with Crippen LogP contribution in [0.3, 0.4) is 0 Å². The molecule has 0 bridgehead atoms. The van der Waals surface area contributed by atoms with Crippen LogP contribution in [0.5, 0.6) is 0 Å². The number of nitrogens with two attached hydrogens (primary N) is 1. The van der Waals surface area contributed by atoms with Gasteiger partial charge in [0.1, 0.15) is 5.84 Å². The number of amidine groups is 1. The van der Waals surface area contributed by atoms with Crippen molar-refractivity contribution in [2.45, 2.75) is 19.8 Å². The monoisotopic (exact) mass is 317 g/mol. The van der Waals surface area contributed by atoms with Gasteiger partial charge in [-0.25, -0.2) is 4.98 Å². The first-order valence-corrected chi connectivity index (χ1v) is 7.78. The van der Waals surface area contributed by atoms with Crippen molar-refractivity contribution in [1.29, 1.82) is 5.41 Å².